The first kappa shape index (κ1) is 22.4. The second kappa shape index (κ2) is 10.7. The van der Waals surface area contributed by atoms with Gasteiger partial charge in [-0.2, -0.15) is 0 Å². The van der Waals surface area contributed by atoms with E-state index in [4.69, 9.17) is 9.47 Å². The number of aromatic amines is 1. The minimum absolute atomic E-state index is 0.0534. The monoisotopic (exact) mass is 439 g/mol. The first-order chi connectivity index (χ1) is 15.0. The van der Waals surface area contributed by atoms with Crippen molar-refractivity contribution in [1.82, 2.24) is 9.97 Å². The van der Waals surface area contributed by atoms with Crippen LogP contribution in [-0.2, 0) is 17.0 Å². The Morgan fingerprint density at radius 1 is 1.16 bits per heavy atom. The fourth-order valence-electron chi connectivity index (χ4n) is 2.94. The van der Waals surface area contributed by atoms with Crippen molar-refractivity contribution in [2.75, 3.05) is 19.0 Å². The third-order valence-corrected chi connectivity index (χ3v) is 5.44. The highest BCUT2D eigenvalue weighted by molar-refractivity contribution is 7.98. The third kappa shape index (κ3) is 6.36. The Morgan fingerprint density at radius 2 is 1.94 bits per heavy atom. The number of H-pyrrole nitrogens is 1. The molecular weight excluding hydrogens is 414 g/mol. The van der Waals surface area contributed by atoms with Crippen LogP contribution in [0.4, 0.5) is 5.69 Å². The van der Waals surface area contributed by atoms with Gasteiger partial charge in [0.1, 0.15) is 11.5 Å². The summed E-state index contributed by atoms with van der Waals surface area (Å²) in [6.45, 7) is 4.23. The van der Waals surface area contributed by atoms with Crippen molar-refractivity contribution in [3.8, 4) is 11.5 Å². The van der Waals surface area contributed by atoms with Crippen LogP contribution in [0.15, 0.2) is 58.5 Å². The van der Waals surface area contributed by atoms with Crippen molar-refractivity contribution < 1.29 is 14.3 Å². The summed E-state index contributed by atoms with van der Waals surface area (Å²) < 4.78 is 10.6. The number of aryl methyl sites for hydroxylation is 1. The molecule has 162 valence electrons. The highest BCUT2D eigenvalue weighted by atomic mass is 32.2. The van der Waals surface area contributed by atoms with Gasteiger partial charge in [0, 0.05) is 22.7 Å². The van der Waals surface area contributed by atoms with Crippen LogP contribution in [0.2, 0.25) is 0 Å². The summed E-state index contributed by atoms with van der Waals surface area (Å²) >= 11 is 1.42. The van der Waals surface area contributed by atoms with E-state index >= 15 is 0 Å². The second-order valence-corrected chi connectivity index (χ2v) is 7.72. The molecule has 0 saturated heterocycles. The number of carbonyl (C=O) groups excluding carboxylic acids is 1. The summed E-state index contributed by atoms with van der Waals surface area (Å²) in [5.41, 5.74) is 2.29. The number of ether oxygens (including phenoxy) is 2. The van der Waals surface area contributed by atoms with E-state index in [2.05, 4.69) is 15.3 Å². The van der Waals surface area contributed by atoms with Crippen molar-refractivity contribution in [1.29, 1.82) is 0 Å². The molecule has 0 bridgehead atoms. The van der Waals surface area contributed by atoms with E-state index in [0.717, 1.165) is 17.1 Å². The maximum Gasteiger partial charge on any atom is 0.255 e. The number of anilines is 1. The molecule has 2 N–H and O–H groups in total. The predicted octanol–water partition coefficient (Wildman–Crippen LogP) is 3.96. The smallest absolute Gasteiger partial charge is 0.255 e. The van der Waals surface area contributed by atoms with Crippen LogP contribution < -0.4 is 20.3 Å². The maximum atomic E-state index is 12.6. The molecule has 0 atom stereocenters. The molecule has 0 unspecified atom stereocenters. The molecule has 0 aliphatic rings. The SMILES string of the molecule is CCOc1ccc(NC(=O)Cc2c(C)nc(SCc3cccc(OC)c3)[nH]c2=O)cc1. The molecule has 0 spiro atoms. The molecule has 0 radical (unpaired) electrons. The Balaban J connectivity index is 1.62. The summed E-state index contributed by atoms with van der Waals surface area (Å²) in [6.07, 6.45) is -0.0534. The largest absolute Gasteiger partial charge is 0.497 e. The highest BCUT2D eigenvalue weighted by Crippen LogP contribution is 2.22. The molecule has 3 rings (SSSR count). The number of rotatable bonds is 9. The first-order valence-electron chi connectivity index (χ1n) is 9.86. The van der Waals surface area contributed by atoms with Crippen molar-refractivity contribution in [2.45, 2.75) is 31.2 Å². The summed E-state index contributed by atoms with van der Waals surface area (Å²) in [5.74, 6) is 1.87. The topological polar surface area (TPSA) is 93.3 Å². The Kier molecular flexibility index (Phi) is 7.72. The van der Waals surface area contributed by atoms with Gasteiger partial charge in [0.25, 0.3) is 5.56 Å². The van der Waals surface area contributed by atoms with Gasteiger partial charge in [0.05, 0.1) is 20.1 Å². The highest BCUT2D eigenvalue weighted by Gasteiger charge is 2.13. The molecule has 0 fully saturated rings. The van der Waals surface area contributed by atoms with E-state index in [-0.39, 0.29) is 17.9 Å². The van der Waals surface area contributed by atoms with Crippen molar-refractivity contribution >= 4 is 23.4 Å². The molecule has 1 aromatic heterocycles. The summed E-state index contributed by atoms with van der Waals surface area (Å²) in [4.78, 5) is 32.2. The van der Waals surface area contributed by atoms with Gasteiger partial charge in [-0.05, 0) is 55.8 Å². The lowest BCUT2D eigenvalue weighted by Gasteiger charge is -2.09. The van der Waals surface area contributed by atoms with Crippen LogP contribution >= 0.6 is 11.8 Å². The van der Waals surface area contributed by atoms with E-state index in [1.807, 2.05) is 31.2 Å². The van der Waals surface area contributed by atoms with Gasteiger partial charge in [-0.3, -0.25) is 9.59 Å². The maximum absolute atomic E-state index is 12.6. The number of nitrogens with zero attached hydrogens (tertiary/aromatic N) is 1. The standard InChI is InChI=1S/C23H25N3O4S/c1-4-30-18-10-8-17(9-11-18)25-21(27)13-20-15(2)24-23(26-22(20)28)31-14-16-6-5-7-19(12-16)29-3/h5-12H,4,13-14H2,1-3H3,(H,25,27)(H,24,26,28). The number of benzene rings is 2. The minimum Gasteiger partial charge on any atom is -0.497 e. The Morgan fingerprint density at radius 3 is 2.61 bits per heavy atom. The molecule has 8 heteroatoms. The van der Waals surface area contributed by atoms with Crippen molar-refractivity contribution in [3.05, 3.63) is 75.7 Å². The average Bonchev–Trinajstić information content (AvgIpc) is 2.76. The lowest BCUT2D eigenvalue weighted by molar-refractivity contribution is -0.115. The molecule has 0 saturated carbocycles. The van der Waals surface area contributed by atoms with E-state index in [1.54, 1.807) is 38.3 Å². The molecule has 2 aromatic carbocycles. The third-order valence-electron chi connectivity index (χ3n) is 4.50. The van der Waals surface area contributed by atoms with Gasteiger partial charge < -0.3 is 19.8 Å². The molecule has 0 aliphatic heterocycles. The van der Waals surface area contributed by atoms with E-state index < -0.39 is 0 Å². The van der Waals surface area contributed by atoms with Crippen LogP contribution in [-0.4, -0.2) is 29.6 Å². The summed E-state index contributed by atoms with van der Waals surface area (Å²) in [6, 6.07) is 14.8. The van der Waals surface area contributed by atoms with Crippen LogP contribution in [0, 0.1) is 6.92 Å². The zero-order valence-corrected chi connectivity index (χ0v) is 18.5. The zero-order chi connectivity index (χ0) is 22.2. The van der Waals surface area contributed by atoms with E-state index in [1.165, 1.54) is 11.8 Å². The van der Waals surface area contributed by atoms with Crippen LogP contribution in [0.3, 0.4) is 0 Å². The normalized spacial score (nSPS) is 10.5. The number of hydrogen-bond donors (Lipinski definition) is 2. The number of amides is 1. The number of methoxy groups -OCH3 is 1. The molecule has 0 aliphatic carbocycles. The second-order valence-electron chi connectivity index (χ2n) is 6.76. The van der Waals surface area contributed by atoms with E-state index in [0.29, 0.717) is 34.5 Å². The zero-order valence-electron chi connectivity index (χ0n) is 17.7. The fourth-order valence-corrected chi connectivity index (χ4v) is 3.79. The Bertz CT molecular complexity index is 1100. The fraction of sp³-hybridized carbons (Fsp3) is 0.261. The number of carbonyl (C=O) groups is 1. The lowest BCUT2D eigenvalue weighted by atomic mass is 10.1. The first-order valence-corrected chi connectivity index (χ1v) is 10.8. The van der Waals surface area contributed by atoms with Crippen molar-refractivity contribution in [3.63, 3.8) is 0 Å². The molecule has 31 heavy (non-hydrogen) atoms. The van der Waals surface area contributed by atoms with Crippen LogP contribution in [0.5, 0.6) is 11.5 Å². The minimum atomic E-state index is -0.303. The molecule has 1 heterocycles. The predicted molar refractivity (Wildman–Crippen MR) is 122 cm³/mol. The number of nitrogens with one attached hydrogen (secondary N) is 2. The number of thioether (sulfide) groups is 1. The summed E-state index contributed by atoms with van der Waals surface area (Å²) in [5, 5.41) is 3.31. The Labute approximate surface area is 185 Å². The van der Waals surface area contributed by atoms with Crippen LogP contribution in [0.1, 0.15) is 23.7 Å². The quantitative estimate of drug-likeness (QED) is 0.387. The number of hydrogen-bond acceptors (Lipinski definition) is 6. The van der Waals surface area contributed by atoms with Gasteiger partial charge in [-0.25, -0.2) is 4.98 Å². The lowest BCUT2D eigenvalue weighted by Crippen LogP contribution is -2.23. The summed E-state index contributed by atoms with van der Waals surface area (Å²) in [7, 11) is 1.62. The average molecular weight is 440 g/mol. The van der Waals surface area contributed by atoms with Crippen LogP contribution in [0.25, 0.3) is 0 Å². The molecule has 7 nitrogen and oxygen atoms in total. The Hall–Kier alpha value is -3.26. The van der Waals surface area contributed by atoms with Gasteiger partial charge in [0.15, 0.2) is 5.16 Å². The van der Waals surface area contributed by atoms with E-state index in [9.17, 15) is 9.59 Å². The molecular formula is C23H25N3O4S. The number of aromatic nitrogens is 2. The van der Waals surface area contributed by atoms with Crippen molar-refractivity contribution in [2.24, 2.45) is 0 Å². The van der Waals surface area contributed by atoms with Gasteiger partial charge in [-0.1, -0.05) is 23.9 Å². The molecule has 3 aromatic rings. The van der Waals surface area contributed by atoms with Gasteiger partial charge >= 0.3 is 0 Å². The molecule has 1 amide bonds. The van der Waals surface area contributed by atoms with Gasteiger partial charge in [-0.15, -0.1) is 0 Å². The van der Waals surface area contributed by atoms with Gasteiger partial charge in [0.2, 0.25) is 5.91 Å².